The van der Waals surface area contributed by atoms with Crippen molar-refractivity contribution in [3.63, 3.8) is 0 Å². The molecular weight excluding hydrogens is 196 g/mol. The molecule has 2 saturated heterocycles. The van der Waals surface area contributed by atoms with Gasteiger partial charge in [-0.3, -0.25) is 4.79 Å². The first-order chi connectivity index (χ1) is 6.86. The molecule has 0 aromatic carbocycles. The maximum atomic E-state index is 11.4. The number of hydrogen-bond donors (Lipinski definition) is 2. The SMILES string of the molecule is O=C1NCCCC1NCC1CCSC1. The summed E-state index contributed by atoms with van der Waals surface area (Å²) in [6.07, 6.45) is 3.43. The van der Waals surface area contributed by atoms with E-state index in [1.807, 2.05) is 11.8 Å². The smallest absolute Gasteiger partial charge is 0.237 e. The van der Waals surface area contributed by atoms with Crippen molar-refractivity contribution in [3.05, 3.63) is 0 Å². The lowest BCUT2D eigenvalue weighted by atomic mass is 10.0. The van der Waals surface area contributed by atoms with E-state index in [2.05, 4.69) is 10.6 Å². The van der Waals surface area contributed by atoms with Crippen molar-refractivity contribution in [2.24, 2.45) is 5.92 Å². The van der Waals surface area contributed by atoms with E-state index in [-0.39, 0.29) is 11.9 Å². The predicted octanol–water partition coefficient (Wildman–Crippen LogP) is 0.608. The zero-order chi connectivity index (χ0) is 9.80. The molecule has 0 aromatic rings. The number of carbonyl (C=O) groups is 1. The molecule has 1 amide bonds. The van der Waals surface area contributed by atoms with E-state index in [0.29, 0.717) is 0 Å². The molecule has 2 fully saturated rings. The minimum Gasteiger partial charge on any atom is -0.355 e. The summed E-state index contributed by atoms with van der Waals surface area (Å²) in [4.78, 5) is 11.4. The predicted molar refractivity (Wildman–Crippen MR) is 59.5 cm³/mol. The monoisotopic (exact) mass is 214 g/mol. The van der Waals surface area contributed by atoms with Gasteiger partial charge in [0, 0.05) is 6.54 Å². The van der Waals surface area contributed by atoms with Crippen LogP contribution in [0.25, 0.3) is 0 Å². The molecule has 2 rings (SSSR count). The number of thioether (sulfide) groups is 1. The molecule has 2 N–H and O–H groups in total. The minimum absolute atomic E-state index is 0.0781. The molecule has 2 aliphatic rings. The highest BCUT2D eigenvalue weighted by Crippen LogP contribution is 2.22. The molecule has 3 nitrogen and oxygen atoms in total. The molecule has 2 heterocycles. The normalized spacial score (nSPS) is 33.0. The Kier molecular flexibility index (Phi) is 3.70. The van der Waals surface area contributed by atoms with Crippen LogP contribution in [0.15, 0.2) is 0 Å². The quantitative estimate of drug-likeness (QED) is 0.723. The van der Waals surface area contributed by atoms with Gasteiger partial charge < -0.3 is 10.6 Å². The fourth-order valence-corrected chi connectivity index (χ4v) is 3.30. The Hall–Kier alpha value is -0.220. The van der Waals surface area contributed by atoms with Gasteiger partial charge in [-0.25, -0.2) is 0 Å². The van der Waals surface area contributed by atoms with E-state index < -0.39 is 0 Å². The summed E-state index contributed by atoms with van der Waals surface area (Å²) >= 11 is 2.03. The zero-order valence-electron chi connectivity index (χ0n) is 8.42. The summed E-state index contributed by atoms with van der Waals surface area (Å²) in [6, 6.07) is 0.0781. The molecule has 0 aromatic heterocycles. The van der Waals surface area contributed by atoms with Gasteiger partial charge in [-0.1, -0.05) is 0 Å². The Morgan fingerprint density at radius 1 is 1.50 bits per heavy atom. The van der Waals surface area contributed by atoms with Crippen LogP contribution >= 0.6 is 11.8 Å². The van der Waals surface area contributed by atoms with Crippen LogP contribution in [-0.4, -0.2) is 36.5 Å². The van der Waals surface area contributed by atoms with Gasteiger partial charge in [0.2, 0.25) is 5.91 Å². The molecule has 2 unspecified atom stereocenters. The number of hydrogen-bond acceptors (Lipinski definition) is 3. The molecule has 2 atom stereocenters. The third-order valence-corrected chi connectivity index (χ3v) is 4.19. The van der Waals surface area contributed by atoms with Crippen LogP contribution in [0, 0.1) is 5.92 Å². The highest BCUT2D eigenvalue weighted by Gasteiger charge is 2.23. The first kappa shape index (κ1) is 10.3. The van der Waals surface area contributed by atoms with E-state index >= 15 is 0 Å². The average molecular weight is 214 g/mol. The molecule has 14 heavy (non-hydrogen) atoms. The van der Waals surface area contributed by atoms with Crippen molar-refractivity contribution < 1.29 is 4.79 Å². The van der Waals surface area contributed by atoms with Crippen LogP contribution in [0.2, 0.25) is 0 Å². The lowest BCUT2D eigenvalue weighted by Gasteiger charge is -2.24. The Morgan fingerprint density at radius 3 is 3.14 bits per heavy atom. The lowest BCUT2D eigenvalue weighted by molar-refractivity contribution is -0.124. The topological polar surface area (TPSA) is 41.1 Å². The second kappa shape index (κ2) is 5.03. The van der Waals surface area contributed by atoms with Gasteiger partial charge in [0.05, 0.1) is 6.04 Å². The highest BCUT2D eigenvalue weighted by molar-refractivity contribution is 7.99. The van der Waals surface area contributed by atoms with E-state index in [4.69, 9.17) is 0 Å². The standard InChI is InChI=1S/C10H18N2OS/c13-10-9(2-1-4-11-10)12-6-8-3-5-14-7-8/h8-9,12H,1-7H2,(H,11,13). The summed E-state index contributed by atoms with van der Waals surface area (Å²) in [7, 11) is 0. The van der Waals surface area contributed by atoms with Crippen molar-refractivity contribution in [3.8, 4) is 0 Å². The van der Waals surface area contributed by atoms with E-state index in [1.165, 1.54) is 17.9 Å². The fourth-order valence-electron chi connectivity index (χ4n) is 2.02. The van der Waals surface area contributed by atoms with Gasteiger partial charge in [-0.05, 0) is 43.2 Å². The van der Waals surface area contributed by atoms with Gasteiger partial charge >= 0.3 is 0 Å². The third kappa shape index (κ3) is 2.64. The first-order valence-electron chi connectivity index (χ1n) is 5.45. The van der Waals surface area contributed by atoms with Crippen LogP contribution in [-0.2, 0) is 4.79 Å². The van der Waals surface area contributed by atoms with Gasteiger partial charge in [-0.2, -0.15) is 11.8 Å². The minimum atomic E-state index is 0.0781. The molecule has 0 aliphatic carbocycles. The number of nitrogens with one attached hydrogen (secondary N) is 2. The molecule has 0 saturated carbocycles. The Balaban J connectivity index is 1.70. The summed E-state index contributed by atoms with van der Waals surface area (Å²) in [6.45, 7) is 1.88. The van der Waals surface area contributed by atoms with E-state index in [9.17, 15) is 4.79 Å². The van der Waals surface area contributed by atoms with Gasteiger partial charge in [0.25, 0.3) is 0 Å². The van der Waals surface area contributed by atoms with Crippen molar-refractivity contribution in [1.82, 2.24) is 10.6 Å². The van der Waals surface area contributed by atoms with Crippen LogP contribution in [0.4, 0.5) is 0 Å². The third-order valence-electron chi connectivity index (χ3n) is 2.96. The molecule has 0 bridgehead atoms. The Bertz CT molecular complexity index is 204. The molecule has 2 aliphatic heterocycles. The molecule has 80 valence electrons. The van der Waals surface area contributed by atoms with Crippen LogP contribution in [0.5, 0.6) is 0 Å². The summed E-state index contributed by atoms with van der Waals surface area (Å²) in [5.41, 5.74) is 0. The van der Waals surface area contributed by atoms with Gasteiger partial charge in [-0.15, -0.1) is 0 Å². The number of rotatable bonds is 3. The second-order valence-electron chi connectivity index (χ2n) is 4.12. The van der Waals surface area contributed by atoms with Crippen LogP contribution in [0.1, 0.15) is 19.3 Å². The van der Waals surface area contributed by atoms with Crippen LogP contribution < -0.4 is 10.6 Å². The maximum Gasteiger partial charge on any atom is 0.237 e. The summed E-state index contributed by atoms with van der Waals surface area (Å²) < 4.78 is 0. The highest BCUT2D eigenvalue weighted by atomic mass is 32.2. The van der Waals surface area contributed by atoms with Crippen molar-refractivity contribution in [1.29, 1.82) is 0 Å². The van der Waals surface area contributed by atoms with E-state index in [1.54, 1.807) is 0 Å². The molecule has 0 spiro atoms. The zero-order valence-corrected chi connectivity index (χ0v) is 9.24. The number of piperidine rings is 1. The van der Waals surface area contributed by atoms with Crippen molar-refractivity contribution in [2.45, 2.75) is 25.3 Å². The van der Waals surface area contributed by atoms with Crippen LogP contribution in [0.3, 0.4) is 0 Å². The van der Waals surface area contributed by atoms with Crippen molar-refractivity contribution >= 4 is 17.7 Å². The second-order valence-corrected chi connectivity index (χ2v) is 5.27. The Labute approximate surface area is 89.4 Å². The molecular formula is C10H18N2OS. The van der Waals surface area contributed by atoms with Gasteiger partial charge in [0.1, 0.15) is 0 Å². The largest absolute Gasteiger partial charge is 0.355 e. The summed E-state index contributed by atoms with van der Waals surface area (Å²) in [5.74, 6) is 3.54. The summed E-state index contributed by atoms with van der Waals surface area (Å²) in [5, 5.41) is 6.29. The lowest BCUT2D eigenvalue weighted by Crippen LogP contribution is -2.49. The van der Waals surface area contributed by atoms with Gasteiger partial charge in [0.15, 0.2) is 0 Å². The number of carbonyl (C=O) groups excluding carboxylic acids is 1. The van der Waals surface area contributed by atoms with E-state index in [0.717, 1.165) is 31.8 Å². The Morgan fingerprint density at radius 2 is 2.43 bits per heavy atom. The number of amides is 1. The fraction of sp³-hybridized carbons (Fsp3) is 0.900. The molecule has 0 radical (unpaired) electrons. The average Bonchev–Trinajstić information content (AvgIpc) is 2.69. The molecule has 4 heteroatoms. The maximum absolute atomic E-state index is 11.4. The van der Waals surface area contributed by atoms with Crippen molar-refractivity contribution in [2.75, 3.05) is 24.6 Å². The first-order valence-corrected chi connectivity index (χ1v) is 6.60.